The van der Waals surface area contributed by atoms with E-state index in [9.17, 15) is 9.59 Å². The minimum Gasteiger partial charge on any atom is -0.370 e. The molecule has 0 spiro atoms. The minimum atomic E-state index is -0.295. The van der Waals surface area contributed by atoms with E-state index in [-0.39, 0.29) is 42.0 Å². The first-order valence-electron chi connectivity index (χ1n) is 7.81. The largest absolute Gasteiger partial charge is 0.370 e. The molecular formula is C16H18Cl2IN3O4. The van der Waals surface area contributed by atoms with Gasteiger partial charge in [-0.05, 0) is 18.2 Å². The second-order valence-electron chi connectivity index (χ2n) is 5.58. The Morgan fingerprint density at radius 1 is 1.27 bits per heavy atom. The van der Waals surface area contributed by atoms with Gasteiger partial charge in [-0.1, -0.05) is 30.1 Å². The summed E-state index contributed by atoms with van der Waals surface area (Å²) in [6.45, 7) is 2.99. The summed E-state index contributed by atoms with van der Waals surface area (Å²) in [5.74, 6) is 0.319. The van der Waals surface area contributed by atoms with Crippen molar-refractivity contribution in [3.8, 4) is 0 Å². The molecule has 142 valence electrons. The number of hydrazone groups is 1. The lowest BCUT2D eigenvalue weighted by Crippen LogP contribution is -2.36. The summed E-state index contributed by atoms with van der Waals surface area (Å²) in [6.07, 6.45) is 0. The lowest BCUT2D eigenvalue weighted by atomic mass is 10.1. The van der Waals surface area contributed by atoms with Crippen LogP contribution in [0.15, 0.2) is 23.3 Å². The van der Waals surface area contributed by atoms with Gasteiger partial charge in [-0.25, -0.2) is 0 Å². The number of nitrogens with zero attached hydrogens (tertiary/aromatic N) is 2. The van der Waals surface area contributed by atoms with Gasteiger partial charge in [-0.2, -0.15) is 5.10 Å². The number of amidine groups is 1. The third-order valence-corrected chi connectivity index (χ3v) is 4.48. The number of carbonyl (C=O) groups is 2. The molecule has 0 saturated heterocycles. The van der Waals surface area contributed by atoms with Crippen LogP contribution in [0, 0.1) is 5.92 Å². The van der Waals surface area contributed by atoms with E-state index in [1.54, 1.807) is 39.7 Å². The Morgan fingerprint density at radius 3 is 2.62 bits per heavy atom. The zero-order valence-corrected chi connectivity index (χ0v) is 17.7. The highest BCUT2D eigenvalue weighted by atomic mass is 127. The van der Waals surface area contributed by atoms with Crippen molar-refractivity contribution in [2.45, 2.75) is 6.92 Å². The van der Waals surface area contributed by atoms with Crippen molar-refractivity contribution in [3.63, 3.8) is 0 Å². The van der Waals surface area contributed by atoms with E-state index in [1.807, 2.05) is 13.0 Å². The molecule has 0 aliphatic carbocycles. The molecule has 1 aromatic rings. The summed E-state index contributed by atoms with van der Waals surface area (Å²) in [4.78, 5) is 22.7. The summed E-state index contributed by atoms with van der Waals surface area (Å²) in [6, 6.07) is 5.25. The van der Waals surface area contributed by atoms with Crippen LogP contribution in [0.2, 0.25) is 10.0 Å². The first-order chi connectivity index (χ1) is 12.4. The van der Waals surface area contributed by atoms with E-state index < -0.39 is 0 Å². The van der Waals surface area contributed by atoms with Gasteiger partial charge in [0, 0.05) is 28.5 Å². The number of hydrogen-bond acceptors (Lipinski definition) is 6. The number of carbonyl (C=O) groups excluding carboxylic acids is 2. The minimum absolute atomic E-state index is 0.0367. The molecule has 0 saturated carbocycles. The van der Waals surface area contributed by atoms with Crippen LogP contribution >= 0.6 is 45.8 Å². The van der Waals surface area contributed by atoms with Crippen molar-refractivity contribution >= 4 is 67.0 Å². The average Bonchev–Trinajstić information content (AvgIpc) is 2.94. The fourth-order valence-electron chi connectivity index (χ4n) is 2.19. The van der Waals surface area contributed by atoms with Gasteiger partial charge in [0.2, 0.25) is 3.79 Å². The maximum atomic E-state index is 12.0. The smallest absolute Gasteiger partial charge is 0.251 e. The molecule has 1 aliphatic rings. The Bertz CT molecular complexity index is 702. The number of benzene rings is 1. The second-order valence-corrected chi connectivity index (χ2v) is 7.59. The number of hydrogen-bond donors (Lipinski definition) is 1. The molecule has 1 aromatic carbocycles. The van der Waals surface area contributed by atoms with Crippen LogP contribution in [0.5, 0.6) is 0 Å². The predicted molar refractivity (Wildman–Crippen MR) is 109 cm³/mol. The molecule has 26 heavy (non-hydrogen) atoms. The number of anilines is 1. The van der Waals surface area contributed by atoms with E-state index in [1.165, 1.54) is 0 Å². The van der Waals surface area contributed by atoms with Crippen molar-refractivity contribution in [2.24, 2.45) is 11.0 Å². The van der Waals surface area contributed by atoms with Crippen LogP contribution in [0.3, 0.4) is 0 Å². The summed E-state index contributed by atoms with van der Waals surface area (Å²) in [7, 11) is 0. The second kappa shape index (κ2) is 10.4. The summed E-state index contributed by atoms with van der Waals surface area (Å²) in [5.41, 5.74) is 0.800. The molecule has 2 rings (SSSR count). The highest BCUT2D eigenvalue weighted by Crippen LogP contribution is 2.29. The molecule has 7 nitrogen and oxygen atoms in total. The molecule has 1 heterocycles. The number of ether oxygens (including phenoxy) is 2. The van der Waals surface area contributed by atoms with Gasteiger partial charge in [-0.3, -0.25) is 14.6 Å². The lowest BCUT2D eigenvalue weighted by Gasteiger charge is -2.14. The first-order valence-corrected chi connectivity index (χ1v) is 9.65. The number of rotatable bonds is 8. The lowest BCUT2D eigenvalue weighted by molar-refractivity contribution is -0.125. The molecule has 1 unspecified atom stereocenters. The highest BCUT2D eigenvalue weighted by Gasteiger charge is 2.25. The van der Waals surface area contributed by atoms with Crippen LogP contribution in [-0.4, -0.2) is 48.5 Å². The van der Waals surface area contributed by atoms with E-state index >= 15 is 0 Å². The molecule has 0 radical (unpaired) electrons. The Hall–Kier alpha value is -0.940. The monoisotopic (exact) mass is 513 g/mol. The molecule has 0 bridgehead atoms. The molecule has 1 N–H and O–H groups in total. The maximum Gasteiger partial charge on any atom is 0.251 e. The SMILES string of the molecule is CC1CN(c2ccc(Cl)c(Cl)c2)N=C1NC(=O)COCCOCC(=O)I. The fourth-order valence-corrected chi connectivity index (χ4v) is 2.70. The highest BCUT2D eigenvalue weighted by molar-refractivity contribution is 14.1. The Balaban J connectivity index is 1.79. The van der Waals surface area contributed by atoms with E-state index in [2.05, 4.69) is 10.4 Å². The topological polar surface area (TPSA) is 80.2 Å². The van der Waals surface area contributed by atoms with Crippen molar-refractivity contribution in [1.82, 2.24) is 5.32 Å². The van der Waals surface area contributed by atoms with Crippen molar-refractivity contribution in [3.05, 3.63) is 28.2 Å². The van der Waals surface area contributed by atoms with E-state index in [0.717, 1.165) is 5.69 Å². The zero-order chi connectivity index (χ0) is 19.1. The quantitative estimate of drug-likeness (QED) is 0.328. The van der Waals surface area contributed by atoms with Gasteiger partial charge in [0.15, 0.2) is 0 Å². The van der Waals surface area contributed by atoms with Crippen LogP contribution in [0.4, 0.5) is 5.69 Å². The maximum absolute atomic E-state index is 12.0. The molecule has 0 aromatic heterocycles. The number of nitrogens with one attached hydrogen (secondary N) is 1. The molecule has 1 amide bonds. The van der Waals surface area contributed by atoms with Crippen molar-refractivity contribution in [1.29, 1.82) is 0 Å². The Labute approximate surface area is 175 Å². The Morgan fingerprint density at radius 2 is 1.96 bits per heavy atom. The van der Waals surface area contributed by atoms with Crippen LogP contribution in [0.1, 0.15) is 6.92 Å². The Kier molecular flexibility index (Phi) is 8.55. The summed E-state index contributed by atoms with van der Waals surface area (Å²) >= 11 is 13.6. The molecule has 1 atom stereocenters. The summed E-state index contributed by atoms with van der Waals surface area (Å²) < 4.78 is 10.2. The van der Waals surface area contributed by atoms with Crippen LogP contribution in [-0.2, 0) is 19.1 Å². The third kappa shape index (κ3) is 6.66. The van der Waals surface area contributed by atoms with Gasteiger partial charge >= 0.3 is 0 Å². The first kappa shape index (κ1) is 21.4. The van der Waals surface area contributed by atoms with E-state index in [0.29, 0.717) is 22.4 Å². The van der Waals surface area contributed by atoms with Gasteiger partial charge in [0.1, 0.15) is 19.0 Å². The third-order valence-electron chi connectivity index (χ3n) is 3.43. The molecule has 10 heteroatoms. The predicted octanol–water partition coefficient (Wildman–Crippen LogP) is 2.87. The van der Waals surface area contributed by atoms with Crippen molar-refractivity contribution < 1.29 is 19.1 Å². The average molecular weight is 514 g/mol. The van der Waals surface area contributed by atoms with Crippen molar-refractivity contribution in [2.75, 3.05) is 38.0 Å². The fraction of sp³-hybridized carbons (Fsp3) is 0.438. The van der Waals surface area contributed by atoms with Gasteiger partial charge < -0.3 is 14.8 Å². The normalized spacial score (nSPS) is 16.5. The molecule has 0 fully saturated rings. The van der Waals surface area contributed by atoms with Gasteiger partial charge in [0.25, 0.3) is 5.91 Å². The standard InChI is InChI=1S/C16H18Cl2IN3O4/c1-10-7-22(11-2-3-12(17)13(18)6-11)21-16(10)20-15(24)9-26-5-4-25-8-14(19)23/h2-3,6,10H,4-5,7-9H2,1H3,(H,20,21,24). The van der Waals surface area contributed by atoms with Crippen LogP contribution in [0.25, 0.3) is 0 Å². The number of amides is 1. The van der Waals surface area contributed by atoms with E-state index in [4.69, 9.17) is 32.7 Å². The molecule has 1 aliphatic heterocycles. The van der Waals surface area contributed by atoms with Gasteiger partial charge in [0.05, 0.1) is 35.5 Å². The van der Waals surface area contributed by atoms with Crippen LogP contribution < -0.4 is 10.3 Å². The number of halogens is 3. The summed E-state index contributed by atoms with van der Waals surface area (Å²) in [5, 5.41) is 9.86. The molecular weight excluding hydrogens is 496 g/mol. The zero-order valence-electron chi connectivity index (χ0n) is 14.0. The van der Waals surface area contributed by atoms with Gasteiger partial charge in [-0.15, -0.1) is 0 Å².